The number of benzene rings is 1. The second kappa shape index (κ2) is 6.92. The van der Waals surface area contributed by atoms with Gasteiger partial charge in [0.05, 0.1) is 6.61 Å². The van der Waals surface area contributed by atoms with Crippen LogP contribution in [0.2, 0.25) is 0 Å². The molecule has 1 unspecified atom stereocenters. The van der Waals surface area contributed by atoms with Crippen LogP contribution in [0, 0.1) is 5.92 Å². The molecule has 0 amide bonds. The van der Waals surface area contributed by atoms with Crippen LogP contribution in [0.25, 0.3) is 11.0 Å². The van der Waals surface area contributed by atoms with Crippen LogP contribution in [0.3, 0.4) is 0 Å². The van der Waals surface area contributed by atoms with Crippen LogP contribution >= 0.6 is 0 Å². The molecule has 0 fully saturated rings. The first-order chi connectivity index (χ1) is 10.1. The number of hydrogen-bond donors (Lipinski definition) is 0. The summed E-state index contributed by atoms with van der Waals surface area (Å²) in [5.41, 5.74) is 0.000542. The van der Waals surface area contributed by atoms with Crippen LogP contribution in [0.1, 0.15) is 20.3 Å². The van der Waals surface area contributed by atoms with Crippen molar-refractivity contribution in [3.05, 3.63) is 40.8 Å². The molecule has 5 heteroatoms. The molecule has 1 atom stereocenters. The Bertz CT molecular complexity index is 674. The van der Waals surface area contributed by atoms with E-state index in [1.807, 2.05) is 13.8 Å². The molecule has 0 saturated heterocycles. The molecule has 0 spiro atoms. The Morgan fingerprint density at radius 3 is 2.81 bits per heavy atom. The van der Waals surface area contributed by atoms with Gasteiger partial charge in [-0.05, 0) is 24.1 Å². The third-order valence-electron chi connectivity index (χ3n) is 3.18. The zero-order valence-electron chi connectivity index (χ0n) is 12.1. The summed E-state index contributed by atoms with van der Waals surface area (Å²) in [5.74, 6) is 0.381. The van der Waals surface area contributed by atoms with Gasteiger partial charge >= 0.3 is 11.6 Å². The van der Waals surface area contributed by atoms with Crippen LogP contribution in [-0.2, 0) is 9.53 Å². The number of ether oxygens (including phenoxy) is 2. The molecule has 0 N–H and O–H groups in total. The number of esters is 1. The second-order valence-electron chi connectivity index (χ2n) is 4.94. The molecule has 0 aliphatic rings. The van der Waals surface area contributed by atoms with Crippen molar-refractivity contribution in [1.29, 1.82) is 0 Å². The number of rotatable bonds is 6. The SMILES string of the molecule is CCC(C)COC(=O)COc1ccc2ccc(=O)oc2c1. The molecule has 2 aromatic rings. The molecule has 1 aromatic carbocycles. The van der Waals surface area contributed by atoms with Gasteiger partial charge in [-0.15, -0.1) is 0 Å². The average Bonchev–Trinajstić information content (AvgIpc) is 2.49. The van der Waals surface area contributed by atoms with E-state index in [0.29, 0.717) is 23.9 Å². The maximum Gasteiger partial charge on any atom is 0.344 e. The van der Waals surface area contributed by atoms with Crippen molar-refractivity contribution in [1.82, 2.24) is 0 Å². The maximum atomic E-state index is 11.5. The van der Waals surface area contributed by atoms with Gasteiger partial charge in [-0.1, -0.05) is 20.3 Å². The highest BCUT2D eigenvalue weighted by Crippen LogP contribution is 2.19. The molecular formula is C16H18O5. The number of carbonyl (C=O) groups excluding carboxylic acids is 1. The first-order valence-corrected chi connectivity index (χ1v) is 6.91. The van der Waals surface area contributed by atoms with Crippen LogP contribution < -0.4 is 10.4 Å². The van der Waals surface area contributed by atoms with Crippen molar-refractivity contribution in [2.75, 3.05) is 13.2 Å². The molecule has 112 valence electrons. The van der Waals surface area contributed by atoms with E-state index in [2.05, 4.69) is 0 Å². The minimum atomic E-state index is -0.424. The molecule has 1 aromatic heterocycles. The Hall–Kier alpha value is -2.30. The highest BCUT2D eigenvalue weighted by atomic mass is 16.6. The fourth-order valence-electron chi connectivity index (χ4n) is 1.67. The molecule has 5 nitrogen and oxygen atoms in total. The Morgan fingerprint density at radius 2 is 2.05 bits per heavy atom. The molecule has 1 heterocycles. The molecule has 0 aliphatic carbocycles. The van der Waals surface area contributed by atoms with Gasteiger partial charge in [-0.25, -0.2) is 9.59 Å². The van der Waals surface area contributed by atoms with Crippen LogP contribution in [0.15, 0.2) is 39.5 Å². The van der Waals surface area contributed by atoms with Crippen molar-refractivity contribution in [2.45, 2.75) is 20.3 Å². The minimum absolute atomic E-state index is 0.168. The third-order valence-corrected chi connectivity index (χ3v) is 3.18. The van der Waals surface area contributed by atoms with Gasteiger partial charge < -0.3 is 13.9 Å². The van der Waals surface area contributed by atoms with Crippen LogP contribution in [-0.4, -0.2) is 19.2 Å². The lowest BCUT2D eigenvalue weighted by Crippen LogP contribution is -2.18. The Morgan fingerprint density at radius 1 is 1.29 bits per heavy atom. The van der Waals surface area contributed by atoms with Crippen molar-refractivity contribution < 1.29 is 18.7 Å². The van der Waals surface area contributed by atoms with Crippen molar-refractivity contribution >= 4 is 16.9 Å². The molecule has 21 heavy (non-hydrogen) atoms. The van der Waals surface area contributed by atoms with Gasteiger partial charge in [-0.3, -0.25) is 0 Å². The van der Waals surface area contributed by atoms with Gasteiger partial charge in [0.1, 0.15) is 11.3 Å². The summed E-state index contributed by atoms with van der Waals surface area (Å²) in [6.45, 7) is 4.28. The van der Waals surface area contributed by atoms with Gasteiger partial charge in [0.15, 0.2) is 6.61 Å². The van der Waals surface area contributed by atoms with E-state index < -0.39 is 11.6 Å². The van der Waals surface area contributed by atoms with E-state index in [0.717, 1.165) is 11.8 Å². The summed E-state index contributed by atoms with van der Waals surface area (Å²) in [7, 11) is 0. The standard InChI is InChI=1S/C16H18O5/c1-3-11(2)9-20-16(18)10-19-13-6-4-12-5-7-15(17)21-14(12)8-13/h4-8,11H,3,9-10H2,1-2H3. The maximum absolute atomic E-state index is 11.5. The quantitative estimate of drug-likeness (QED) is 0.604. The zero-order valence-corrected chi connectivity index (χ0v) is 12.1. The van der Waals surface area contributed by atoms with Crippen molar-refractivity contribution in [3.8, 4) is 5.75 Å². The van der Waals surface area contributed by atoms with Crippen LogP contribution in [0.5, 0.6) is 5.75 Å². The van der Waals surface area contributed by atoms with Crippen LogP contribution in [0.4, 0.5) is 0 Å². The normalized spacial score (nSPS) is 12.1. The van der Waals surface area contributed by atoms with E-state index >= 15 is 0 Å². The van der Waals surface area contributed by atoms with Gasteiger partial charge in [0.25, 0.3) is 0 Å². The minimum Gasteiger partial charge on any atom is -0.482 e. The first-order valence-electron chi connectivity index (χ1n) is 6.91. The van der Waals surface area contributed by atoms with Crippen molar-refractivity contribution in [3.63, 3.8) is 0 Å². The van der Waals surface area contributed by atoms with Crippen molar-refractivity contribution in [2.24, 2.45) is 5.92 Å². The lowest BCUT2D eigenvalue weighted by atomic mass is 10.1. The third kappa shape index (κ3) is 4.34. The average molecular weight is 290 g/mol. The molecule has 0 bridgehead atoms. The van der Waals surface area contributed by atoms with E-state index in [1.165, 1.54) is 6.07 Å². The molecule has 0 radical (unpaired) electrons. The monoisotopic (exact) mass is 290 g/mol. The number of carbonyl (C=O) groups is 1. The largest absolute Gasteiger partial charge is 0.482 e. The van der Waals surface area contributed by atoms with Gasteiger partial charge in [0.2, 0.25) is 0 Å². The first kappa shape index (κ1) is 15.1. The Balaban J connectivity index is 1.94. The summed E-state index contributed by atoms with van der Waals surface area (Å²) in [6, 6.07) is 8.08. The molecule has 0 aliphatic heterocycles. The number of fused-ring (bicyclic) bond motifs is 1. The summed E-state index contributed by atoms with van der Waals surface area (Å²) in [5, 5.41) is 0.793. The van der Waals surface area contributed by atoms with E-state index in [-0.39, 0.29) is 6.61 Å². The highest BCUT2D eigenvalue weighted by molar-refractivity contribution is 5.78. The highest BCUT2D eigenvalue weighted by Gasteiger charge is 2.08. The molecule has 2 rings (SSSR count). The number of hydrogen-bond acceptors (Lipinski definition) is 5. The Kier molecular flexibility index (Phi) is 4.98. The lowest BCUT2D eigenvalue weighted by Gasteiger charge is -2.10. The smallest absolute Gasteiger partial charge is 0.344 e. The lowest BCUT2D eigenvalue weighted by molar-refractivity contribution is -0.147. The van der Waals surface area contributed by atoms with E-state index in [9.17, 15) is 9.59 Å². The van der Waals surface area contributed by atoms with E-state index in [4.69, 9.17) is 13.9 Å². The predicted molar refractivity (Wildman–Crippen MR) is 78.4 cm³/mol. The summed E-state index contributed by atoms with van der Waals surface area (Å²) < 4.78 is 15.5. The molecule has 0 saturated carbocycles. The fraction of sp³-hybridized carbons (Fsp3) is 0.375. The summed E-state index contributed by atoms with van der Waals surface area (Å²) in [4.78, 5) is 22.7. The van der Waals surface area contributed by atoms with E-state index in [1.54, 1.807) is 24.3 Å². The second-order valence-corrected chi connectivity index (χ2v) is 4.94. The van der Waals surface area contributed by atoms with Gasteiger partial charge in [-0.2, -0.15) is 0 Å². The topological polar surface area (TPSA) is 65.7 Å². The fourth-order valence-corrected chi connectivity index (χ4v) is 1.67. The molecular weight excluding hydrogens is 272 g/mol. The van der Waals surface area contributed by atoms with Gasteiger partial charge in [0, 0.05) is 17.5 Å². The Labute approximate surface area is 122 Å². The zero-order chi connectivity index (χ0) is 15.2. The predicted octanol–water partition coefficient (Wildman–Crippen LogP) is 2.76. The summed E-state index contributed by atoms with van der Waals surface area (Å²) in [6.07, 6.45) is 0.956. The summed E-state index contributed by atoms with van der Waals surface area (Å²) >= 11 is 0.